The highest BCUT2D eigenvalue weighted by Gasteiger charge is 2.10. The van der Waals surface area contributed by atoms with Gasteiger partial charge in [0, 0.05) is 10.7 Å². The molecule has 0 aliphatic carbocycles. The van der Waals surface area contributed by atoms with Gasteiger partial charge in [-0.2, -0.15) is 0 Å². The number of hydrogen-bond donors (Lipinski definition) is 1. The first-order valence-electron chi connectivity index (χ1n) is 4.60. The lowest BCUT2D eigenvalue weighted by atomic mass is 10.3. The van der Waals surface area contributed by atoms with Gasteiger partial charge in [0.25, 0.3) is 0 Å². The Labute approximate surface area is 119 Å². The molecule has 17 heavy (non-hydrogen) atoms. The monoisotopic (exact) mass is 378 g/mol. The summed E-state index contributed by atoms with van der Waals surface area (Å²) < 4.78 is 14.4. The maximum atomic E-state index is 13.1. The lowest BCUT2D eigenvalue weighted by Crippen LogP contribution is -1.96. The van der Waals surface area contributed by atoms with E-state index in [4.69, 9.17) is 11.6 Å². The molecular weight excluding hydrogens is 374 g/mol. The number of rotatable bonds is 2. The molecular formula is C11H6Br2ClFN2. The van der Waals surface area contributed by atoms with Crippen LogP contribution in [-0.4, -0.2) is 4.98 Å². The van der Waals surface area contributed by atoms with Gasteiger partial charge in [-0.15, -0.1) is 0 Å². The average Bonchev–Trinajstić information content (AvgIpc) is 2.25. The molecule has 1 N–H and O–H groups in total. The zero-order valence-electron chi connectivity index (χ0n) is 8.35. The quantitative estimate of drug-likeness (QED) is 0.780. The molecule has 0 amide bonds. The van der Waals surface area contributed by atoms with Crippen molar-refractivity contribution >= 4 is 55.0 Å². The van der Waals surface area contributed by atoms with Crippen LogP contribution >= 0.6 is 43.5 Å². The van der Waals surface area contributed by atoms with Crippen molar-refractivity contribution in [3.8, 4) is 0 Å². The standard InChI is InChI=1S/C11H6Br2ClFN2/c12-7-2-1-3-16-11(7)17-10-8(13)4-6(15)5-9(10)14/h1-5H,(H,16,17). The van der Waals surface area contributed by atoms with Gasteiger partial charge in [-0.05, 0) is 56.1 Å². The summed E-state index contributed by atoms with van der Waals surface area (Å²) >= 11 is 12.6. The summed E-state index contributed by atoms with van der Waals surface area (Å²) in [7, 11) is 0. The number of nitrogens with one attached hydrogen (secondary N) is 1. The Morgan fingerprint density at radius 2 is 2.00 bits per heavy atom. The SMILES string of the molecule is Fc1cc(Cl)c(Nc2ncccc2Br)c(Br)c1. The van der Waals surface area contributed by atoms with Crippen molar-refractivity contribution in [1.29, 1.82) is 0 Å². The molecule has 0 atom stereocenters. The van der Waals surface area contributed by atoms with Crippen molar-refractivity contribution < 1.29 is 4.39 Å². The molecule has 0 aliphatic heterocycles. The van der Waals surface area contributed by atoms with E-state index in [1.54, 1.807) is 12.3 Å². The topological polar surface area (TPSA) is 24.9 Å². The molecule has 6 heteroatoms. The molecule has 1 aromatic carbocycles. The van der Waals surface area contributed by atoms with Gasteiger partial charge in [-0.3, -0.25) is 0 Å². The number of pyridine rings is 1. The normalized spacial score (nSPS) is 10.4. The summed E-state index contributed by atoms with van der Waals surface area (Å²) in [4.78, 5) is 4.15. The minimum atomic E-state index is -0.396. The van der Waals surface area contributed by atoms with Gasteiger partial charge in [-0.25, -0.2) is 9.37 Å². The van der Waals surface area contributed by atoms with E-state index in [9.17, 15) is 4.39 Å². The van der Waals surface area contributed by atoms with Crippen LogP contribution in [0.1, 0.15) is 0 Å². The summed E-state index contributed by atoms with van der Waals surface area (Å²) in [5, 5.41) is 3.32. The van der Waals surface area contributed by atoms with Crippen molar-refractivity contribution in [1.82, 2.24) is 4.98 Å². The number of halogens is 4. The van der Waals surface area contributed by atoms with Gasteiger partial charge in [0.05, 0.1) is 15.2 Å². The fourth-order valence-electron chi connectivity index (χ4n) is 1.26. The molecule has 2 nitrogen and oxygen atoms in total. The van der Waals surface area contributed by atoms with E-state index in [0.29, 0.717) is 16.0 Å². The summed E-state index contributed by atoms with van der Waals surface area (Å²) in [5.74, 6) is 0.217. The summed E-state index contributed by atoms with van der Waals surface area (Å²) in [6, 6.07) is 6.23. The first-order chi connectivity index (χ1) is 8.08. The first-order valence-corrected chi connectivity index (χ1v) is 6.56. The third-order valence-corrected chi connectivity index (χ3v) is 3.57. The van der Waals surface area contributed by atoms with Crippen LogP contribution in [0, 0.1) is 5.82 Å². The fourth-order valence-corrected chi connectivity index (χ4v) is 2.51. The lowest BCUT2D eigenvalue weighted by Gasteiger charge is -2.11. The number of anilines is 2. The molecule has 2 rings (SSSR count). The van der Waals surface area contributed by atoms with E-state index in [-0.39, 0.29) is 5.02 Å². The third kappa shape index (κ3) is 2.97. The molecule has 1 heterocycles. The largest absolute Gasteiger partial charge is 0.337 e. The second-order valence-electron chi connectivity index (χ2n) is 3.20. The highest BCUT2D eigenvalue weighted by molar-refractivity contribution is 9.11. The first kappa shape index (κ1) is 12.8. The highest BCUT2D eigenvalue weighted by atomic mass is 79.9. The zero-order valence-corrected chi connectivity index (χ0v) is 12.3. The molecule has 0 unspecified atom stereocenters. The van der Waals surface area contributed by atoms with Crippen molar-refractivity contribution in [3.05, 3.63) is 50.2 Å². The van der Waals surface area contributed by atoms with E-state index < -0.39 is 5.82 Å². The highest BCUT2D eigenvalue weighted by Crippen LogP contribution is 2.35. The smallest absolute Gasteiger partial charge is 0.144 e. The molecule has 1 aromatic heterocycles. The number of nitrogens with zero attached hydrogens (tertiary/aromatic N) is 1. The van der Waals surface area contributed by atoms with Crippen LogP contribution in [-0.2, 0) is 0 Å². The van der Waals surface area contributed by atoms with Crippen molar-refractivity contribution in [2.45, 2.75) is 0 Å². The van der Waals surface area contributed by atoms with Gasteiger partial charge in [0.15, 0.2) is 0 Å². The molecule has 0 aliphatic rings. The van der Waals surface area contributed by atoms with E-state index in [0.717, 1.165) is 4.47 Å². The van der Waals surface area contributed by atoms with Gasteiger partial charge >= 0.3 is 0 Å². The van der Waals surface area contributed by atoms with Crippen molar-refractivity contribution in [2.75, 3.05) is 5.32 Å². The van der Waals surface area contributed by atoms with Crippen LogP contribution in [0.3, 0.4) is 0 Å². The number of hydrogen-bond acceptors (Lipinski definition) is 2. The van der Waals surface area contributed by atoms with Gasteiger partial charge in [-0.1, -0.05) is 11.6 Å². The number of aromatic nitrogens is 1. The molecule has 88 valence electrons. The minimum Gasteiger partial charge on any atom is -0.337 e. The molecule has 0 saturated carbocycles. The zero-order chi connectivity index (χ0) is 12.4. The minimum absolute atomic E-state index is 0.287. The van der Waals surface area contributed by atoms with Crippen molar-refractivity contribution in [2.24, 2.45) is 0 Å². The summed E-state index contributed by atoms with van der Waals surface area (Å²) in [6.07, 6.45) is 1.65. The number of benzene rings is 1. The molecule has 0 spiro atoms. The van der Waals surface area contributed by atoms with Crippen LogP contribution in [0.2, 0.25) is 5.02 Å². The van der Waals surface area contributed by atoms with Crippen LogP contribution in [0.4, 0.5) is 15.9 Å². The van der Waals surface area contributed by atoms with Crippen LogP contribution in [0.25, 0.3) is 0 Å². The third-order valence-electron chi connectivity index (χ3n) is 2.01. The Balaban J connectivity index is 2.40. The lowest BCUT2D eigenvalue weighted by molar-refractivity contribution is 0.627. The molecule has 0 radical (unpaired) electrons. The van der Waals surface area contributed by atoms with E-state index >= 15 is 0 Å². The Bertz CT molecular complexity index is 540. The summed E-state index contributed by atoms with van der Waals surface area (Å²) in [5.41, 5.74) is 0.576. The second-order valence-corrected chi connectivity index (χ2v) is 5.32. The van der Waals surface area contributed by atoms with Gasteiger partial charge < -0.3 is 5.32 Å². The van der Waals surface area contributed by atoms with E-state index in [1.807, 2.05) is 6.07 Å². The van der Waals surface area contributed by atoms with Gasteiger partial charge in [0.1, 0.15) is 11.6 Å². The van der Waals surface area contributed by atoms with Crippen molar-refractivity contribution in [3.63, 3.8) is 0 Å². The fraction of sp³-hybridized carbons (Fsp3) is 0. The molecule has 2 aromatic rings. The molecule has 0 fully saturated rings. The predicted octanol–water partition coefficient (Wildman–Crippen LogP) is 5.14. The molecule has 0 saturated heterocycles. The maximum absolute atomic E-state index is 13.1. The van der Waals surface area contributed by atoms with Crippen LogP contribution in [0.15, 0.2) is 39.4 Å². The Kier molecular flexibility index (Phi) is 4.01. The molecule has 0 bridgehead atoms. The van der Waals surface area contributed by atoms with Crippen LogP contribution in [0.5, 0.6) is 0 Å². The predicted molar refractivity (Wildman–Crippen MR) is 74.3 cm³/mol. The Morgan fingerprint density at radius 3 is 2.65 bits per heavy atom. The van der Waals surface area contributed by atoms with Gasteiger partial charge in [0.2, 0.25) is 0 Å². The van der Waals surface area contributed by atoms with E-state index in [2.05, 4.69) is 42.2 Å². The second kappa shape index (κ2) is 5.33. The van der Waals surface area contributed by atoms with E-state index in [1.165, 1.54) is 12.1 Å². The summed E-state index contributed by atoms with van der Waals surface area (Å²) in [6.45, 7) is 0. The average molecular weight is 380 g/mol. The van der Waals surface area contributed by atoms with Crippen LogP contribution < -0.4 is 5.32 Å². The maximum Gasteiger partial charge on any atom is 0.144 e. The Hall–Kier alpha value is -0.650. The Morgan fingerprint density at radius 1 is 1.24 bits per heavy atom.